The zero-order valence-electron chi connectivity index (χ0n) is 19.1. The van der Waals surface area contributed by atoms with E-state index in [0.29, 0.717) is 19.6 Å². The maximum absolute atomic E-state index is 11.9. The van der Waals surface area contributed by atoms with Crippen LogP contribution in [-0.4, -0.2) is 62.3 Å². The molecule has 0 aliphatic rings. The number of carbonyl (C=O) groups is 3. The van der Waals surface area contributed by atoms with Crippen LogP contribution in [0.2, 0.25) is 0 Å². The summed E-state index contributed by atoms with van der Waals surface area (Å²) in [6, 6.07) is 0. The van der Waals surface area contributed by atoms with Gasteiger partial charge in [-0.15, -0.1) is 0 Å². The molecule has 28 heavy (non-hydrogen) atoms. The molecule has 0 rings (SSSR count). The molecule has 0 spiro atoms. The summed E-state index contributed by atoms with van der Waals surface area (Å²) in [5.41, 5.74) is -1.68. The third kappa shape index (κ3) is 11.3. The first-order valence-electron chi connectivity index (χ1n) is 9.79. The van der Waals surface area contributed by atoms with Gasteiger partial charge in [0.05, 0.1) is 16.2 Å². The topological polar surface area (TPSA) is 82.1 Å². The average molecular weight is 402 g/mol. The lowest BCUT2D eigenvalue weighted by Crippen LogP contribution is -2.37. The Morgan fingerprint density at radius 3 is 0.929 bits per heavy atom. The van der Waals surface area contributed by atoms with Crippen molar-refractivity contribution >= 4 is 17.9 Å². The summed E-state index contributed by atoms with van der Waals surface area (Å²) in [5, 5.41) is 0. The van der Waals surface area contributed by atoms with Crippen molar-refractivity contribution in [2.45, 2.75) is 62.3 Å². The SMILES string of the molecule is CC(C)(C)C(=O)OCCN(CCOC(=O)C(C)(C)C)CCOC(=O)C(C)(C)C. The molecule has 0 radical (unpaired) electrons. The Balaban J connectivity index is 4.58. The van der Waals surface area contributed by atoms with Gasteiger partial charge in [0.1, 0.15) is 19.8 Å². The minimum Gasteiger partial charge on any atom is -0.464 e. The predicted molar refractivity (Wildman–Crippen MR) is 108 cm³/mol. The lowest BCUT2D eigenvalue weighted by atomic mass is 9.97. The summed E-state index contributed by atoms with van der Waals surface area (Å²) < 4.78 is 15.9. The summed E-state index contributed by atoms with van der Waals surface area (Å²) in [7, 11) is 0. The van der Waals surface area contributed by atoms with Gasteiger partial charge in [0.25, 0.3) is 0 Å². The van der Waals surface area contributed by atoms with Crippen LogP contribution >= 0.6 is 0 Å². The highest BCUT2D eigenvalue weighted by molar-refractivity contribution is 5.76. The molecule has 0 bridgehead atoms. The van der Waals surface area contributed by atoms with Gasteiger partial charge in [-0.2, -0.15) is 0 Å². The summed E-state index contributed by atoms with van der Waals surface area (Å²) in [4.78, 5) is 37.6. The Labute approximate surface area is 170 Å². The van der Waals surface area contributed by atoms with E-state index in [-0.39, 0.29) is 37.7 Å². The second-order valence-corrected chi connectivity index (χ2v) is 10.00. The molecular weight excluding hydrogens is 362 g/mol. The Morgan fingerprint density at radius 2 is 0.750 bits per heavy atom. The zero-order valence-corrected chi connectivity index (χ0v) is 19.1. The van der Waals surface area contributed by atoms with Crippen LogP contribution < -0.4 is 0 Å². The first-order chi connectivity index (χ1) is 12.5. The monoisotopic (exact) mass is 401 g/mol. The number of hydrogen-bond donors (Lipinski definition) is 0. The third-order valence-electron chi connectivity index (χ3n) is 3.76. The highest BCUT2D eigenvalue weighted by atomic mass is 16.5. The number of rotatable bonds is 9. The molecule has 7 heteroatoms. The van der Waals surface area contributed by atoms with Crippen molar-refractivity contribution in [3.05, 3.63) is 0 Å². The van der Waals surface area contributed by atoms with Crippen molar-refractivity contribution in [1.29, 1.82) is 0 Å². The molecule has 0 aromatic carbocycles. The van der Waals surface area contributed by atoms with Crippen LogP contribution in [0.5, 0.6) is 0 Å². The molecule has 164 valence electrons. The van der Waals surface area contributed by atoms with Crippen LogP contribution in [0.15, 0.2) is 0 Å². The van der Waals surface area contributed by atoms with Gasteiger partial charge < -0.3 is 14.2 Å². The molecule has 0 N–H and O–H groups in total. The second kappa shape index (κ2) is 10.8. The van der Waals surface area contributed by atoms with Crippen molar-refractivity contribution in [3.63, 3.8) is 0 Å². The zero-order chi connectivity index (χ0) is 22.2. The van der Waals surface area contributed by atoms with Gasteiger partial charge in [-0.25, -0.2) is 0 Å². The van der Waals surface area contributed by atoms with Crippen molar-refractivity contribution in [3.8, 4) is 0 Å². The van der Waals surface area contributed by atoms with Crippen molar-refractivity contribution in [1.82, 2.24) is 4.90 Å². The molecule has 0 aromatic heterocycles. The number of esters is 3. The van der Waals surface area contributed by atoms with Crippen LogP contribution in [0.4, 0.5) is 0 Å². The van der Waals surface area contributed by atoms with E-state index in [1.165, 1.54) is 0 Å². The number of carbonyl (C=O) groups excluding carboxylic acids is 3. The number of nitrogens with zero attached hydrogens (tertiary/aromatic N) is 1. The van der Waals surface area contributed by atoms with E-state index in [1.54, 1.807) is 62.3 Å². The molecule has 7 nitrogen and oxygen atoms in total. The number of ether oxygens (including phenoxy) is 3. The number of hydrogen-bond acceptors (Lipinski definition) is 7. The summed E-state index contributed by atoms with van der Waals surface area (Å²) in [6.07, 6.45) is 0. The van der Waals surface area contributed by atoms with E-state index in [4.69, 9.17) is 14.2 Å². The smallest absolute Gasteiger partial charge is 0.311 e. The molecule has 0 saturated heterocycles. The Morgan fingerprint density at radius 1 is 0.536 bits per heavy atom. The van der Waals surface area contributed by atoms with Crippen LogP contribution in [0.25, 0.3) is 0 Å². The van der Waals surface area contributed by atoms with E-state index >= 15 is 0 Å². The first-order valence-corrected chi connectivity index (χ1v) is 9.79. The quantitative estimate of drug-likeness (QED) is 0.434. The average Bonchev–Trinajstić information content (AvgIpc) is 2.51. The van der Waals surface area contributed by atoms with Crippen molar-refractivity contribution < 1.29 is 28.6 Å². The van der Waals surface area contributed by atoms with Crippen molar-refractivity contribution in [2.75, 3.05) is 39.5 Å². The molecule has 0 aromatic rings. The van der Waals surface area contributed by atoms with E-state index < -0.39 is 16.2 Å². The van der Waals surface area contributed by atoms with Crippen LogP contribution in [0.3, 0.4) is 0 Å². The fourth-order valence-corrected chi connectivity index (χ4v) is 1.79. The normalized spacial score (nSPS) is 12.6. The van der Waals surface area contributed by atoms with E-state index in [1.807, 2.05) is 4.90 Å². The fraction of sp³-hybridized carbons (Fsp3) is 0.857. The predicted octanol–water partition coefficient (Wildman–Crippen LogP) is 3.06. The largest absolute Gasteiger partial charge is 0.464 e. The van der Waals surface area contributed by atoms with Gasteiger partial charge >= 0.3 is 17.9 Å². The van der Waals surface area contributed by atoms with Crippen molar-refractivity contribution in [2.24, 2.45) is 16.2 Å². The summed E-state index contributed by atoms with van der Waals surface area (Å²) in [5.74, 6) is -0.817. The van der Waals surface area contributed by atoms with Gasteiger partial charge in [-0.1, -0.05) is 0 Å². The van der Waals surface area contributed by atoms with Crippen LogP contribution in [0, 0.1) is 16.2 Å². The standard InChI is InChI=1S/C21H39NO6/c1-19(2,3)16(23)26-13-10-22(11-14-27-17(24)20(4,5)6)12-15-28-18(25)21(7,8)9/h10-15H2,1-9H3. The van der Waals surface area contributed by atoms with Gasteiger partial charge in [0.2, 0.25) is 0 Å². The second-order valence-electron chi connectivity index (χ2n) is 10.00. The molecule has 0 amide bonds. The van der Waals surface area contributed by atoms with E-state index in [0.717, 1.165) is 0 Å². The van der Waals surface area contributed by atoms with Gasteiger partial charge in [0.15, 0.2) is 0 Å². The molecule has 0 aliphatic heterocycles. The molecule has 0 atom stereocenters. The molecular formula is C21H39NO6. The molecule has 0 saturated carbocycles. The summed E-state index contributed by atoms with van der Waals surface area (Å²) in [6.45, 7) is 18.2. The molecule has 0 fully saturated rings. The van der Waals surface area contributed by atoms with Crippen LogP contribution in [-0.2, 0) is 28.6 Å². The highest BCUT2D eigenvalue weighted by Crippen LogP contribution is 2.16. The lowest BCUT2D eigenvalue weighted by Gasteiger charge is -2.25. The Bertz CT molecular complexity index is 446. The maximum Gasteiger partial charge on any atom is 0.311 e. The Hall–Kier alpha value is -1.63. The lowest BCUT2D eigenvalue weighted by molar-refractivity contribution is -0.154. The Kier molecular flexibility index (Phi) is 10.2. The van der Waals surface area contributed by atoms with E-state index in [2.05, 4.69) is 0 Å². The minimum absolute atomic E-state index is 0.219. The van der Waals surface area contributed by atoms with Crippen LogP contribution in [0.1, 0.15) is 62.3 Å². The first kappa shape index (κ1) is 26.4. The van der Waals surface area contributed by atoms with E-state index in [9.17, 15) is 14.4 Å². The molecule has 0 unspecified atom stereocenters. The van der Waals surface area contributed by atoms with Gasteiger partial charge in [-0.3, -0.25) is 19.3 Å². The molecule has 0 heterocycles. The molecule has 0 aliphatic carbocycles. The maximum atomic E-state index is 11.9. The fourth-order valence-electron chi connectivity index (χ4n) is 1.79. The van der Waals surface area contributed by atoms with Gasteiger partial charge in [-0.05, 0) is 62.3 Å². The minimum atomic E-state index is -0.560. The highest BCUT2D eigenvalue weighted by Gasteiger charge is 2.25. The summed E-state index contributed by atoms with van der Waals surface area (Å²) >= 11 is 0. The third-order valence-corrected chi connectivity index (χ3v) is 3.76. The van der Waals surface area contributed by atoms with Gasteiger partial charge in [0, 0.05) is 19.6 Å².